The summed E-state index contributed by atoms with van der Waals surface area (Å²) in [5.74, 6) is -3.34. The van der Waals surface area contributed by atoms with Crippen LogP contribution in [0.1, 0.15) is 55.2 Å². The summed E-state index contributed by atoms with van der Waals surface area (Å²) in [4.78, 5) is 18.4. The van der Waals surface area contributed by atoms with Crippen LogP contribution in [-0.4, -0.2) is 77.2 Å². The number of anilines is 2. The van der Waals surface area contributed by atoms with Gasteiger partial charge < -0.3 is 30.3 Å². The van der Waals surface area contributed by atoms with Crippen molar-refractivity contribution in [1.29, 1.82) is 5.26 Å². The number of ether oxygens (including phenoxy) is 2. The predicted molar refractivity (Wildman–Crippen MR) is 176 cm³/mol. The van der Waals surface area contributed by atoms with E-state index in [1.807, 2.05) is 0 Å². The molecule has 0 spiro atoms. The minimum Gasteiger partial charge on any atom is -0.463 e. The Balaban J connectivity index is 1.17. The van der Waals surface area contributed by atoms with Gasteiger partial charge in [0.1, 0.15) is 22.4 Å². The zero-order valence-corrected chi connectivity index (χ0v) is 27.4. The number of pyridine rings is 1. The number of hydrogen-bond donors (Lipinski definition) is 2. The molecule has 10 nitrogen and oxygen atoms in total. The second kappa shape index (κ2) is 11.3. The highest BCUT2D eigenvalue weighted by molar-refractivity contribution is 7.23. The van der Waals surface area contributed by atoms with Crippen molar-refractivity contribution in [1.82, 2.24) is 25.2 Å². The number of alkyl halides is 2. The highest BCUT2D eigenvalue weighted by atomic mass is 32.1. The summed E-state index contributed by atoms with van der Waals surface area (Å²) >= 11 is 0.927. The maximum absolute atomic E-state index is 17.3. The quantitative estimate of drug-likeness (QED) is 0.240. The highest BCUT2D eigenvalue weighted by Crippen LogP contribution is 2.49. The third-order valence-corrected chi connectivity index (χ3v) is 12.1. The Morgan fingerprint density at radius 2 is 1.80 bits per heavy atom. The largest absolute Gasteiger partial charge is 0.463 e. The summed E-state index contributed by atoms with van der Waals surface area (Å²) in [6.45, 7) is 3.42. The maximum atomic E-state index is 17.3. The Bertz CT molecular complexity index is 2040. The first-order chi connectivity index (χ1) is 23.7. The van der Waals surface area contributed by atoms with Crippen molar-refractivity contribution in [2.45, 2.75) is 69.7 Å². The third kappa shape index (κ3) is 5.09. The number of nitrogens with one attached hydrogen (secondary N) is 1. The monoisotopic (exact) mass is 694 g/mol. The number of hydrogen-bond acceptors (Lipinski definition) is 11. The van der Waals surface area contributed by atoms with Gasteiger partial charge in [0.15, 0.2) is 11.6 Å². The molecule has 1 saturated carbocycles. The van der Waals surface area contributed by atoms with Crippen molar-refractivity contribution in [2.75, 3.05) is 50.0 Å². The molecule has 5 aliphatic rings. The summed E-state index contributed by atoms with van der Waals surface area (Å²) < 4.78 is 72.3. The topological polar surface area (TPSA) is 125 Å². The fourth-order valence-electron chi connectivity index (χ4n) is 8.26. The predicted octanol–water partition coefficient (Wildman–Crippen LogP) is 5.50. The number of nitrogens with two attached hydrogens (primary N) is 1. The number of likely N-dealkylation sites (tertiary alicyclic amines) is 1. The first-order valence-electron chi connectivity index (χ1n) is 16.8. The lowest BCUT2D eigenvalue weighted by Gasteiger charge is -2.37. The molecule has 9 rings (SSSR count). The van der Waals surface area contributed by atoms with Gasteiger partial charge in [-0.05, 0) is 36.8 Å². The smallest absolute Gasteiger partial charge is 0.319 e. The van der Waals surface area contributed by atoms with Crippen LogP contribution in [-0.2, 0) is 18.0 Å². The van der Waals surface area contributed by atoms with Gasteiger partial charge in [0.2, 0.25) is 0 Å². The van der Waals surface area contributed by atoms with Crippen LogP contribution in [0.2, 0.25) is 0 Å². The molecule has 2 bridgehead atoms. The van der Waals surface area contributed by atoms with Gasteiger partial charge in [-0.2, -0.15) is 15.2 Å². The van der Waals surface area contributed by atoms with E-state index in [0.29, 0.717) is 36.4 Å². The van der Waals surface area contributed by atoms with Crippen molar-refractivity contribution in [3.8, 4) is 23.3 Å². The average Bonchev–Trinajstić information content (AvgIpc) is 3.38. The van der Waals surface area contributed by atoms with E-state index in [2.05, 4.69) is 26.2 Å². The standard InChI is InChI=1S/C34H34F4N8O2S/c35-22-12-42-27(24-19(9-39)30(40)49-29(22)24)23-20-13-47-14-21(20)25-28(26(23)36)43-32(44-31(25)46-17-1-2-18(46)11-41-10-17)48-16-33(3-4-33)15-45-7-5-34(37,38)6-8-45/h12,17-18,41H,1-8,10-11,13-16,40H2. The fourth-order valence-corrected chi connectivity index (χ4v) is 9.18. The number of benzene rings is 1. The number of aromatic nitrogens is 3. The molecule has 49 heavy (non-hydrogen) atoms. The lowest BCUT2D eigenvalue weighted by molar-refractivity contribution is -0.0591. The number of nitriles is 1. The lowest BCUT2D eigenvalue weighted by Crippen LogP contribution is -2.52. The number of piperazine rings is 1. The number of nitrogen functional groups attached to an aromatic ring is 1. The normalized spacial score (nSPS) is 24.0. The molecular formula is C34H34F4N8O2S. The van der Waals surface area contributed by atoms with Crippen molar-refractivity contribution >= 4 is 43.1 Å². The Hall–Kier alpha value is -3.84. The molecule has 3 saturated heterocycles. The Morgan fingerprint density at radius 3 is 2.51 bits per heavy atom. The van der Waals surface area contributed by atoms with Crippen LogP contribution in [0.15, 0.2) is 6.20 Å². The van der Waals surface area contributed by atoms with Gasteiger partial charge >= 0.3 is 6.01 Å². The van der Waals surface area contributed by atoms with E-state index in [1.54, 1.807) is 0 Å². The second-order valence-electron chi connectivity index (χ2n) is 14.2. The van der Waals surface area contributed by atoms with Gasteiger partial charge in [0.05, 0.1) is 47.4 Å². The van der Waals surface area contributed by atoms with Crippen LogP contribution in [0.3, 0.4) is 0 Å². The highest BCUT2D eigenvalue weighted by Gasteiger charge is 2.47. The van der Waals surface area contributed by atoms with E-state index < -0.39 is 17.6 Å². The van der Waals surface area contributed by atoms with Crippen molar-refractivity contribution in [3.05, 3.63) is 34.5 Å². The van der Waals surface area contributed by atoms with E-state index in [1.165, 1.54) is 0 Å². The molecule has 15 heteroatoms. The number of rotatable bonds is 7. The Kier molecular flexibility index (Phi) is 7.21. The van der Waals surface area contributed by atoms with Gasteiger partial charge in [0, 0.05) is 74.0 Å². The molecule has 4 aliphatic heterocycles. The first kappa shape index (κ1) is 31.2. The van der Waals surface area contributed by atoms with Crippen LogP contribution in [0.4, 0.5) is 28.4 Å². The van der Waals surface area contributed by atoms with Crippen LogP contribution >= 0.6 is 11.3 Å². The molecule has 7 heterocycles. The van der Waals surface area contributed by atoms with Crippen LogP contribution in [0, 0.1) is 28.4 Å². The van der Waals surface area contributed by atoms with Crippen LogP contribution < -0.4 is 20.7 Å². The summed E-state index contributed by atoms with van der Waals surface area (Å²) in [6, 6.07) is 2.40. The molecule has 0 radical (unpaired) electrons. The fraction of sp³-hybridized carbons (Fsp3) is 0.529. The van der Waals surface area contributed by atoms with Crippen LogP contribution in [0.25, 0.3) is 32.2 Å². The number of thiophene rings is 1. The molecule has 1 aliphatic carbocycles. The van der Waals surface area contributed by atoms with Gasteiger partial charge in [0.25, 0.3) is 5.92 Å². The maximum Gasteiger partial charge on any atom is 0.319 e. The average molecular weight is 695 g/mol. The molecule has 1 aromatic carbocycles. The van der Waals surface area contributed by atoms with Gasteiger partial charge in [-0.1, -0.05) is 0 Å². The SMILES string of the molecule is N#Cc1c(N)sc2c(F)cnc(-c3c4c(c5c(N6C7CCC6CNC7)nc(OCC6(CN7CCC(F)(F)CC7)CC6)nc5c3F)COC4)c12. The molecule has 0 amide bonds. The first-order valence-corrected chi connectivity index (χ1v) is 17.6. The molecule has 3 N–H and O–H groups in total. The van der Waals surface area contributed by atoms with Gasteiger partial charge in [-0.25, -0.2) is 17.6 Å². The minimum atomic E-state index is -2.61. The van der Waals surface area contributed by atoms with E-state index in [-0.39, 0.29) is 93.6 Å². The number of fused-ring (bicyclic) bond motifs is 6. The number of nitrogens with zero attached hydrogens (tertiary/aromatic N) is 6. The van der Waals surface area contributed by atoms with E-state index in [9.17, 15) is 18.4 Å². The van der Waals surface area contributed by atoms with Crippen molar-refractivity contribution in [3.63, 3.8) is 0 Å². The molecule has 2 atom stereocenters. The summed E-state index contributed by atoms with van der Waals surface area (Å²) in [7, 11) is 0. The van der Waals surface area contributed by atoms with Crippen LogP contribution in [0.5, 0.6) is 6.01 Å². The Morgan fingerprint density at radius 1 is 1.06 bits per heavy atom. The molecule has 2 unspecified atom stereocenters. The number of halogens is 4. The third-order valence-electron chi connectivity index (χ3n) is 11.0. The zero-order valence-electron chi connectivity index (χ0n) is 26.6. The molecule has 256 valence electrons. The molecule has 4 aromatic rings. The minimum absolute atomic E-state index is 0.0373. The van der Waals surface area contributed by atoms with E-state index in [4.69, 9.17) is 25.2 Å². The van der Waals surface area contributed by atoms with Crippen molar-refractivity contribution < 1.29 is 27.0 Å². The summed E-state index contributed by atoms with van der Waals surface area (Å²) in [5, 5.41) is 14.3. The molecule has 3 aromatic heterocycles. The Labute approximate surface area is 283 Å². The van der Waals surface area contributed by atoms with E-state index in [0.717, 1.165) is 61.9 Å². The number of piperidine rings is 1. The summed E-state index contributed by atoms with van der Waals surface area (Å²) in [6.07, 6.45) is 4.44. The van der Waals surface area contributed by atoms with Gasteiger partial charge in [-0.3, -0.25) is 4.98 Å². The molecular weight excluding hydrogens is 660 g/mol. The van der Waals surface area contributed by atoms with E-state index >= 15 is 4.39 Å². The molecule has 4 fully saturated rings. The summed E-state index contributed by atoms with van der Waals surface area (Å²) in [5.41, 5.74) is 7.50. The second-order valence-corrected chi connectivity index (χ2v) is 15.2. The van der Waals surface area contributed by atoms with Gasteiger partial charge in [-0.15, -0.1) is 11.3 Å². The van der Waals surface area contributed by atoms with Crippen molar-refractivity contribution in [2.24, 2.45) is 5.41 Å². The zero-order chi connectivity index (χ0) is 33.7. The lowest BCUT2D eigenvalue weighted by atomic mass is 9.93.